The molecule has 152 valence electrons. The zero-order valence-electron chi connectivity index (χ0n) is 15.6. The van der Waals surface area contributed by atoms with Crippen molar-refractivity contribution in [3.8, 4) is 0 Å². The van der Waals surface area contributed by atoms with Crippen molar-refractivity contribution >= 4 is 32.4 Å². The molecule has 1 aromatic heterocycles. The van der Waals surface area contributed by atoms with Gasteiger partial charge in [0.25, 0.3) is 10.0 Å². The number of benzene rings is 1. The number of morpholine rings is 1. The Morgan fingerprint density at radius 3 is 2.64 bits per heavy atom. The normalized spacial score (nSPS) is 15.5. The van der Waals surface area contributed by atoms with Crippen LogP contribution in [0.1, 0.15) is 24.5 Å². The molecule has 1 aromatic carbocycles. The Bertz CT molecular complexity index is 910. The summed E-state index contributed by atoms with van der Waals surface area (Å²) < 4.78 is 32.8. The second-order valence-corrected chi connectivity index (χ2v) is 9.17. The van der Waals surface area contributed by atoms with E-state index in [0.29, 0.717) is 13.2 Å². The van der Waals surface area contributed by atoms with Crippen molar-refractivity contribution in [2.24, 2.45) is 0 Å². The molecule has 0 atom stereocenters. The first-order valence-electron chi connectivity index (χ1n) is 8.98. The third kappa shape index (κ3) is 5.55. The van der Waals surface area contributed by atoms with Crippen molar-refractivity contribution in [3.05, 3.63) is 35.4 Å². The van der Waals surface area contributed by atoms with Crippen LogP contribution in [-0.2, 0) is 32.6 Å². The van der Waals surface area contributed by atoms with Crippen molar-refractivity contribution in [2.45, 2.75) is 30.8 Å². The lowest BCUT2D eigenvalue weighted by atomic mass is 10.1. The molecule has 2 N–H and O–H groups in total. The summed E-state index contributed by atoms with van der Waals surface area (Å²) in [6, 6.07) is 7.74. The number of sulfonamides is 1. The molecule has 1 saturated heterocycles. The van der Waals surface area contributed by atoms with Gasteiger partial charge >= 0.3 is 0 Å². The van der Waals surface area contributed by atoms with Gasteiger partial charge in [-0.2, -0.15) is 0 Å². The van der Waals surface area contributed by atoms with E-state index in [9.17, 15) is 13.2 Å². The Balaban J connectivity index is 1.65. The van der Waals surface area contributed by atoms with Crippen LogP contribution in [0.25, 0.3) is 0 Å². The molecule has 1 fully saturated rings. The summed E-state index contributed by atoms with van der Waals surface area (Å²) in [6.07, 6.45) is 0.278. The maximum absolute atomic E-state index is 12.5. The van der Waals surface area contributed by atoms with E-state index in [1.54, 1.807) is 6.92 Å². The van der Waals surface area contributed by atoms with Gasteiger partial charge in [-0.25, -0.2) is 13.1 Å². The van der Waals surface area contributed by atoms with Crippen LogP contribution in [0.4, 0.5) is 5.13 Å². The van der Waals surface area contributed by atoms with E-state index in [1.165, 1.54) is 0 Å². The van der Waals surface area contributed by atoms with Gasteiger partial charge in [-0.3, -0.25) is 9.69 Å². The predicted octanol–water partition coefficient (Wildman–Crippen LogP) is 1.20. The van der Waals surface area contributed by atoms with E-state index in [2.05, 4.69) is 25.1 Å². The average Bonchev–Trinajstić information content (AvgIpc) is 3.17. The van der Waals surface area contributed by atoms with Crippen LogP contribution in [0.3, 0.4) is 0 Å². The van der Waals surface area contributed by atoms with E-state index < -0.39 is 10.0 Å². The summed E-state index contributed by atoms with van der Waals surface area (Å²) >= 11 is 0.825. The van der Waals surface area contributed by atoms with E-state index in [1.807, 2.05) is 24.3 Å². The molecule has 0 spiro atoms. The zero-order chi connectivity index (χ0) is 20.0. The molecule has 1 amide bonds. The van der Waals surface area contributed by atoms with Gasteiger partial charge in [0, 0.05) is 32.6 Å². The zero-order valence-corrected chi connectivity index (χ0v) is 17.2. The summed E-state index contributed by atoms with van der Waals surface area (Å²) in [5, 5.41) is 10.1. The first-order chi connectivity index (χ1) is 13.5. The maximum atomic E-state index is 12.5. The number of hydrogen-bond acceptors (Lipinski definition) is 8. The maximum Gasteiger partial charge on any atom is 0.270 e. The van der Waals surface area contributed by atoms with Gasteiger partial charge < -0.3 is 10.1 Å². The largest absolute Gasteiger partial charge is 0.379 e. The molecule has 9 nitrogen and oxygen atoms in total. The molecule has 11 heteroatoms. The van der Waals surface area contributed by atoms with Crippen molar-refractivity contribution < 1.29 is 17.9 Å². The minimum Gasteiger partial charge on any atom is -0.379 e. The summed E-state index contributed by atoms with van der Waals surface area (Å²) in [5.41, 5.74) is 1.97. The fourth-order valence-electron chi connectivity index (χ4n) is 2.70. The first-order valence-corrected chi connectivity index (χ1v) is 11.3. The van der Waals surface area contributed by atoms with Crippen LogP contribution in [-0.4, -0.2) is 55.7 Å². The summed E-state index contributed by atoms with van der Waals surface area (Å²) in [5.74, 6) is -0.245. The minimum absolute atomic E-state index is 0.152. The molecule has 0 radical (unpaired) electrons. The second kappa shape index (κ2) is 9.52. The van der Waals surface area contributed by atoms with Crippen LogP contribution in [0.15, 0.2) is 28.6 Å². The molecular formula is C17H23N5O4S2. The number of amides is 1. The summed E-state index contributed by atoms with van der Waals surface area (Å²) in [7, 11) is -3.82. The Kier molecular flexibility index (Phi) is 7.08. The molecule has 1 aliphatic heterocycles. The highest BCUT2D eigenvalue weighted by Crippen LogP contribution is 2.21. The number of hydrogen-bond donors (Lipinski definition) is 2. The number of aromatic nitrogens is 2. The van der Waals surface area contributed by atoms with Crippen LogP contribution < -0.4 is 10.0 Å². The third-order valence-corrected chi connectivity index (χ3v) is 6.88. The van der Waals surface area contributed by atoms with Crippen molar-refractivity contribution in [1.82, 2.24) is 19.8 Å². The van der Waals surface area contributed by atoms with Gasteiger partial charge in [0.2, 0.25) is 15.4 Å². The van der Waals surface area contributed by atoms with E-state index in [0.717, 1.165) is 42.1 Å². The lowest BCUT2D eigenvalue weighted by molar-refractivity contribution is -0.115. The number of nitrogens with one attached hydrogen (secondary N) is 2. The number of carbonyl (C=O) groups is 1. The number of rotatable bonds is 8. The lowest BCUT2D eigenvalue weighted by Gasteiger charge is -2.27. The summed E-state index contributed by atoms with van der Waals surface area (Å²) in [4.78, 5) is 13.7. The van der Waals surface area contributed by atoms with Gasteiger partial charge in [-0.05, 0) is 11.1 Å². The highest BCUT2D eigenvalue weighted by atomic mass is 32.2. The number of nitrogens with zero attached hydrogens (tertiary/aromatic N) is 3. The third-order valence-electron chi connectivity index (χ3n) is 4.27. The van der Waals surface area contributed by atoms with Gasteiger partial charge in [0.1, 0.15) is 0 Å². The molecule has 1 aliphatic rings. The summed E-state index contributed by atoms with van der Waals surface area (Å²) in [6.45, 7) is 5.73. The Hall–Kier alpha value is -1.92. The van der Waals surface area contributed by atoms with E-state index in [4.69, 9.17) is 4.74 Å². The molecule has 2 heterocycles. The first kappa shape index (κ1) is 20.8. The van der Waals surface area contributed by atoms with Crippen molar-refractivity contribution in [3.63, 3.8) is 0 Å². The van der Waals surface area contributed by atoms with Gasteiger partial charge in [0.05, 0.1) is 13.2 Å². The molecule has 0 aliphatic carbocycles. The van der Waals surface area contributed by atoms with Gasteiger partial charge in [0.15, 0.2) is 0 Å². The lowest BCUT2D eigenvalue weighted by Crippen LogP contribution is -2.36. The minimum atomic E-state index is -3.82. The average molecular weight is 426 g/mol. The Labute approximate surface area is 168 Å². The Morgan fingerprint density at radius 2 is 1.93 bits per heavy atom. The SMILES string of the molecule is CCC(=O)Nc1nnc(S(=O)(=O)NCc2ccccc2CN2CCOCC2)s1. The Morgan fingerprint density at radius 1 is 1.21 bits per heavy atom. The molecule has 0 bridgehead atoms. The number of ether oxygens (including phenoxy) is 1. The highest BCUT2D eigenvalue weighted by Gasteiger charge is 2.21. The van der Waals surface area contributed by atoms with Crippen molar-refractivity contribution in [1.29, 1.82) is 0 Å². The molecule has 0 unspecified atom stereocenters. The van der Waals surface area contributed by atoms with Crippen LogP contribution >= 0.6 is 11.3 Å². The fourth-order valence-corrected chi connectivity index (χ4v) is 4.66. The molecule has 0 saturated carbocycles. The van der Waals surface area contributed by atoms with Crippen LogP contribution in [0.2, 0.25) is 0 Å². The van der Waals surface area contributed by atoms with Gasteiger partial charge in [-0.1, -0.05) is 42.5 Å². The molecule has 28 heavy (non-hydrogen) atoms. The van der Waals surface area contributed by atoms with Crippen LogP contribution in [0.5, 0.6) is 0 Å². The molecule has 2 aromatic rings. The monoisotopic (exact) mass is 425 g/mol. The topological polar surface area (TPSA) is 114 Å². The van der Waals surface area contributed by atoms with E-state index >= 15 is 0 Å². The molecule has 3 rings (SSSR count). The standard InChI is InChI=1S/C17H23N5O4S2/c1-2-15(23)19-16-20-21-17(27-16)28(24,25)18-11-13-5-3-4-6-14(13)12-22-7-9-26-10-8-22/h3-6,18H,2,7-12H2,1H3,(H,19,20,23). The second-order valence-electron chi connectivity index (χ2n) is 6.26. The highest BCUT2D eigenvalue weighted by molar-refractivity contribution is 7.91. The predicted molar refractivity (Wildman–Crippen MR) is 105 cm³/mol. The molecular weight excluding hydrogens is 402 g/mol. The fraction of sp³-hybridized carbons (Fsp3) is 0.471. The van der Waals surface area contributed by atoms with Gasteiger partial charge in [-0.15, -0.1) is 10.2 Å². The number of anilines is 1. The number of carbonyl (C=O) groups excluding carboxylic acids is 1. The van der Waals surface area contributed by atoms with E-state index in [-0.39, 0.29) is 28.3 Å². The van der Waals surface area contributed by atoms with Crippen molar-refractivity contribution in [2.75, 3.05) is 31.6 Å². The van der Waals surface area contributed by atoms with Crippen LogP contribution in [0, 0.1) is 0 Å². The quantitative estimate of drug-likeness (QED) is 0.611. The smallest absolute Gasteiger partial charge is 0.270 e.